The normalized spacial score (nSPS) is 19.5. The number of amides is 1. The summed E-state index contributed by atoms with van der Waals surface area (Å²) in [6, 6.07) is 1.07. The van der Waals surface area contributed by atoms with Crippen molar-refractivity contribution in [3.8, 4) is 0 Å². The molecule has 0 bridgehead atoms. The molecule has 9 heteroatoms. The lowest BCUT2D eigenvalue weighted by atomic mass is 10.2. The molecule has 1 N–H and O–H groups in total. The predicted molar refractivity (Wildman–Crippen MR) is 79.5 cm³/mol. The van der Waals surface area contributed by atoms with Gasteiger partial charge in [-0.25, -0.2) is 0 Å². The summed E-state index contributed by atoms with van der Waals surface area (Å²) in [6.07, 6.45) is -2.79. The summed E-state index contributed by atoms with van der Waals surface area (Å²) < 4.78 is 44.9. The van der Waals surface area contributed by atoms with Crippen LogP contribution in [0.4, 0.5) is 13.2 Å². The standard InChI is InChI=1S/C15H21F3N4O2/c16-15(17,18)13-9-12(11-1-2-11)22(20-13)10-14(23)19-3-4-21-5-7-24-8-6-21/h9,11H,1-8,10H2,(H,19,23). The second kappa shape index (κ2) is 7.10. The Bertz CT molecular complexity index is 578. The number of carbonyl (C=O) groups is 1. The Morgan fingerprint density at radius 2 is 2.04 bits per heavy atom. The van der Waals surface area contributed by atoms with Crippen LogP contribution in [0.25, 0.3) is 0 Å². The first-order valence-electron chi connectivity index (χ1n) is 8.15. The number of halogens is 3. The summed E-state index contributed by atoms with van der Waals surface area (Å²) in [5.41, 5.74) is -0.420. The minimum absolute atomic E-state index is 0.0924. The minimum atomic E-state index is -4.48. The quantitative estimate of drug-likeness (QED) is 0.842. The van der Waals surface area contributed by atoms with Crippen LogP contribution in [0.1, 0.15) is 30.1 Å². The van der Waals surface area contributed by atoms with Gasteiger partial charge in [0.25, 0.3) is 0 Å². The molecule has 2 aliphatic rings. The molecule has 1 aromatic rings. The van der Waals surface area contributed by atoms with E-state index in [1.807, 2.05) is 0 Å². The molecule has 1 amide bonds. The SMILES string of the molecule is O=C(Cn1nc(C(F)(F)F)cc1C1CC1)NCCN1CCOCC1. The Labute approximate surface area is 137 Å². The molecule has 0 aromatic carbocycles. The van der Waals surface area contributed by atoms with Crippen LogP contribution in [0.15, 0.2) is 6.07 Å². The molecule has 1 aromatic heterocycles. The number of rotatable bonds is 6. The van der Waals surface area contributed by atoms with Crippen LogP contribution in [0.5, 0.6) is 0 Å². The number of nitrogens with one attached hydrogen (secondary N) is 1. The summed E-state index contributed by atoms with van der Waals surface area (Å²) >= 11 is 0. The highest BCUT2D eigenvalue weighted by Crippen LogP contribution is 2.42. The Morgan fingerprint density at radius 3 is 2.67 bits per heavy atom. The van der Waals surface area contributed by atoms with Gasteiger partial charge in [0, 0.05) is 37.8 Å². The second-order valence-corrected chi connectivity index (χ2v) is 6.19. The van der Waals surface area contributed by atoms with Crippen LogP contribution in [0.3, 0.4) is 0 Å². The van der Waals surface area contributed by atoms with Gasteiger partial charge in [0.15, 0.2) is 5.69 Å². The number of carbonyl (C=O) groups excluding carboxylic acids is 1. The number of alkyl halides is 3. The van der Waals surface area contributed by atoms with Crippen molar-refractivity contribution < 1.29 is 22.7 Å². The zero-order valence-corrected chi connectivity index (χ0v) is 13.3. The van der Waals surface area contributed by atoms with Crippen LogP contribution in [-0.4, -0.2) is 60.0 Å². The number of morpholine rings is 1. The smallest absolute Gasteiger partial charge is 0.379 e. The Hall–Kier alpha value is -1.61. The van der Waals surface area contributed by atoms with Crippen molar-refractivity contribution in [2.75, 3.05) is 39.4 Å². The van der Waals surface area contributed by atoms with Crippen molar-refractivity contribution in [1.29, 1.82) is 0 Å². The third-order valence-electron chi connectivity index (χ3n) is 4.24. The van der Waals surface area contributed by atoms with Crippen molar-refractivity contribution in [2.45, 2.75) is 31.5 Å². The van der Waals surface area contributed by atoms with Gasteiger partial charge in [0.1, 0.15) is 6.54 Å². The summed E-state index contributed by atoms with van der Waals surface area (Å²) in [5.74, 6) is -0.225. The van der Waals surface area contributed by atoms with Gasteiger partial charge in [0.2, 0.25) is 5.91 Å². The molecule has 24 heavy (non-hydrogen) atoms. The van der Waals surface area contributed by atoms with Gasteiger partial charge in [-0.05, 0) is 18.9 Å². The van der Waals surface area contributed by atoms with Crippen molar-refractivity contribution >= 4 is 5.91 Å². The summed E-state index contributed by atoms with van der Waals surface area (Å²) in [5, 5.41) is 6.33. The summed E-state index contributed by atoms with van der Waals surface area (Å²) in [4.78, 5) is 14.2. The van der Waals surface area contributed by atoms with Crippen LogP contribution in [-0.2, 0) is 22.3 Å². The first-order valence-corrected chi connectivity index (χ1v) is 8.15. The molecule has 1 saturated heterocycles. The van der Waals surface area contributed by atoms with Crippen LogP contribution >= 0.6 is 0 Å². The Morgan fingerprint density at radius 1 is 1.33 bits per heavy atom. The van der Waals surface area contributed by atoms with Gasteiger partial charge in [0.05, 0.1) is 13.2 Å². The van der Waals surface area contributed by atoms with E-state index < -0.39 is 11.9 Å². The van der Waals surface area contributed by atoms with Crippen LogP contribution in [0, 0.1) is 0 Å². The summed E-state index contributed by atoms with van der Waals surface area (Å²) in [6.45, 7) is 4.03. The van der Waals surface area contributed by atoms with Crippen molar-refractivity contribution in [3.05, 3.63) is 17.5 Å². The molecule has 0 atom stereocenters. The maximum absolute atomic E-state index is 12.8. The largest absolute Gasteiger partial charge is 0.435 e. The molecule has 2 heterocycles. The maximum atomic E-state index is 12.8. The second-order valence-electron chi connectivity index (χ2n) is 6.19. The topological polar surface area (TPSA) is 59.4 Å². The molecule has 0 unspecified atom stereocenters. The molecule has 3 rings (SSSR count). The highest BCUT2D eigenvalue weighted by molar-refractivity contribution is 5.75. The summed E-state index contributed by atoms with van der Waals surface area (Å²) in [7, 11) is 0. The maximum Gasteiger partial charge on any atom is 0.435 e. The fourth-order valence-electron chi connectivity index (χ4n) is 2.77. The molecular weight excluding hydrogens is 325 g/mol. The van der Waals surface area contributed by atoms with E-state index in [9.17, 15) is 18.0 Å². The van der Waals surface area contributed by atoms with E-state index in [2.05, 4.69) is 15.3 Å². The monoisotopic (exact) mass is 346 g/mol. The lowest BCUT2D eigenvalue weighted by Crippen LogP contribution is -2.42. The molecule has 1 aliphatic heterocycles. The Balaban J connectivity index is 1.52. The average molecular weight is 346 g/mol. The van der Waals surface area contributed by atoms with Crippen molar-refractivity contribution in [3.63, 3.8) is 0 Å². The van der Waals surface area contributed by atoms with Gasteiger partial charge in [-0.15, -0.1) is 0 Å². The molecule has 2 fully saturated rings. The van der Waals surface area contributed by atoms with E-state index in [-0.39, 0.29) is 18.4 Å². The average Bonchev–Trinajstić information content (AvgIpc) is 3.28. The van der Waals surface area contributed by atoms with E-state index >= 15 is 0 Å². The number of hydrogen-bond donors (Lipinski definition) is 1. The molecule has 0 radical (unpaired) electrons. The van der Waals surface area contributed by atoms with Gasteiger partial charge in [-0.1, -0.05) is 0 Å². The van der Waals surface area contributed by atoms with Crippen LogP contribution < -0.4 is 5.32 Å². The molecular formula is C15H21F3N4O2. The van der Waals surface area contributed by atoms with Crippen molar-refractivity contribution in [2.24, 2.45) is 0 Å². The van der Waals surface area contributed by atoms with Gasteiger partial charge in [-0.3, -0.25) is 14.4 Å². The van der Waals surface area contributed by atoms with Gasteiger partial charge < -0.3 is 10.1 Å². The first kappa shape index (κ1) is 17.2. The molecule has 1 aliphatic carbocycles. The van der Waals surface area contributed by atoms with E-state index in [1.54, 1.807) is 0 Å². The van der Waals surface area contributed by atoms with Crippen molar-refractivity contribution in [1.82, 2.24) is 20.0 Å². The third kappa shape index (κ3) is 4.47. The predicted octanol–water partition coefficient (Wildman–Crippen LogP) is 1.23. The molecule has 0 spiro atoms. The number of aromatic nitrogens is 2. The van der Waals surface area contributed by atoms with E-state index in [1.165, 1.54) is 4.68 Å². The minimum Gasteiger partial charge on any atom is -0.379 e. The van der Waals surface area contributed by atoms with E-state index in [0.29, 0.717) is 32.0 Å². The highest BCUT2D eigenvalue weighted by atomic mass is 19.4. The highest BCUT2D eigenvalue weighted by Gasteiger charge is 2.38. The fraction of sp³-hybridized carbons (Fsp3) is 0.733. The number of nitrogens with zero attached hydrogens (tertiary/aromatic N) is 3. The molecule has 134 valence electrons. The number of hydrogen-bond acceptors (Lipinski definition) is 4. The fourth-order valence-corrected chi connectivity index (χ4v) is 2.77. The lowest BCUT2D eigenvalue weighted by Gasteiger charge is -2.26. The first-order chi connectivity index (χ1) is 11.4. The van der Waals surface area contributed by atoms with Crippen LogP contribution in [0.2, 0.25) is 0 Å². The zero-order valence-electron chi connectivity index (χ0n) is 13.3. The molecule has 6 nitrogen and oxygen atoms in total. The Kier molecular flexibility index (Phi) is 5.09. The number of ether oxygens (including phenoxy) is 1. The third-order valence-corrected chi connectivity index (χ3v) is 4.24. The van der Waals surface area contributed by atoms with E-state index in [0.717, 1.165) is 32.0 Å². The lowest BCUT2D eigenvalue weighted by molar-refractivity contribution is -0.141. The van der Waals surface area contributed by atoms with Gasteiger partial charge >= 0.3 is 6.18 Å². The van der Waals surface area contributed by atoms with E-state index in [4.69, 9.17) is 4.74 Å². The zero-order chi connectivity index (χ0) is 17.2. The molecule has 1 saturated carbocycles. The van der Waals surface area contributed by atoms with Gasteiger partial charge in [-0.2, -0.15) is 18.3 Å².